The molecule has 0 aromatic rings. The van der Waals surface area contributed by atoms with E-state index in [4.69, 9.17) is 37.0 Å². The topological polar surface area (TPSA) is 237 Å². The van der Waals surface area contributed by atoms with Crippen molar-refractivity contribution in [3.05, 3.63) is 0 Å². The fraction of sp³-hybridized carbons (Fsp3) is 0.951. The highest BCUT2D eigenvalue weighted by molar-refractivity contribution is 7.47. The van der Waals surface area contributed by atoms with Crippen LogP contribution in [0.2, 0.25) is 0 Å². The SMILES string of the molecule is CC(C)CCCCCCCCCCCCCCCCCCCCC(=O)O[C@H](COC(=O)CCCCCCCCCC(C)C)COP(=O)(O)OCC(O)COP(=O)(O)OC[C@@H](COC(=O)CCCCCCCCCCCCCC(C)C)OC(=O)CCCCCCCCCCCCCCCC(C)C. The molecule has 600 valence electrons. The van der Waals surface area contributed by atoms with Crippen LogP contribution < -0.4 is 0 Å². The molecule has 0 rings (SSSR count). The van der Waals surface area contributed by atoms with Gasteiger partial charge in [-0.3, -0.25) is 37.3 Å². The lowest BCUT2D eigenvalue weighted by Crippen LogP contribution is -2.30. The Kier molecular flexibility index (Phi) is 69.6. The minimum absolute atomic E-state index is 0.107. The van der Waals surface area contributed by atoms with Crippen LogP contribution in [0.5, 0.6) is 0 Å². The lowest BCUT2D eigenvalue weighted by Gasteiger charge is -2.21. The third-order valence-corrected chi connectivity index (χ3v) is 21.0. The van der Waals surface area contributed by atoms with Gasteiger partial charge >= 0.3 is 39.5 Å². The van der Waals surface area contributed by atoms with E-state index >= 15 is 0 Å². The van der Waals surface area contributed by atoms with E-state index in [1.54, 1.807) is 0 Å². The largest absolute Gasteiger partial charge is 0.472 e. The number of esters is 4. The van der Waals surface area contributed by atoms with Crippen molar-refractivity contribution in [2.75, 3.05) is 39.6 Å². The minimum Gasteiger partial charge on any atom is -0.462 e. The quantitative estimate of drug-likeness (QED) is 0.0222. The summed E-state index contributed by atoms with van der Waals surface area (Å²) in [5.74, 6) is 0.969. The molecule has 3 N–H and O–H groups in total. The molecule has 0 aliphatic carbocycles. The van der Waals surface area contributed by atoms with Crippen LogP contribution in [0.15, 0.2) is 0 Å². The zero-order chi connectivity index (χ0) is 74.6. The Bertz CT molecular complexity index is 1970. The second-order valence-corrected chi connectivity index (χ2v) is 34.3. The van der Waals surface area contributed by atoms with E-state index in [0.717, 1.165) is 114 Å². The molecule has 19 heteroatoms. The summed E-state index contributed by atoms with van der Waals surface area (Å²) >= 11 is 0. The average Bonchev–Trinajstić information content (AvgIpc) is 0.933. The molecule has 3 unspecified atom stereocenters. The molecule has 0 aromatic carbocycles. The molecule has 101 heavy (non-hydrogen) atoms. The van der Waals surface area contributed by atoms with Gasteiger partial charge in [0.25, 0.3) is 0 Å². The van der Waals surface area contributed by atoms with Crippen molar-refractivity contribution in [2.24, 2.45) is 23.7 Å². The predicted molar refractivity (Wildman–Crippen MR) is 414 cm³/mol. The number of phosphoric ester groups is 2. The first-order valence-electron chi connectivity index (χ1n) is 42.2. The Labute approximate surface area is 619 Å². The van der Waals surface area contributed by atoms with Crippen LogP contribution in [0, 0.1) is 23.7 Å². The number of rotatable bonds is 79. The summed E-state index contributed by atoms with van der Waals surface area (Å²) in [7, 11) is -9.92. The predicted octanol–water partition coefficient (Wildman–Crippen LogP) is 24.4. The second kappa shape index (κ2) is 71.0. The Hall–Kier alpha value is -1.94. The first-order valence-corrected chi connectivity index (χ1v) is 45.2. The van der Waals surface area contributed by atoms with Crippen molar-refractivity contribution in [2.45, 2.75) is 440 Å². The van der Waals surface area contributed by atoms with Crippen LogP contribution in [0.4, 0.5) is 0 Å². The summed E-state index contributed by atoms with van der Waals surface area (Å²) < 4.78 is 68.7. The molecule has 17 nitrogen and oxygen atoms in total. The van der Waals surface area contributed by atoms with E-state index in [-0.39, 0.29) is 25.7 Å². The molecule has 0 aliphatic heterocycles. The number of carbonyl (C=O) groups is 4. The van der Waals surface area contributed by atoms with Gasteiger partial charge in [-0.1, -0.05) is 370 Å². The summed E-state index contributed by atoms with van der Waals surface area (Å²) in [6.07, 6.45) is 58.4. The standard InChI is InChI=1S/C82H160O17P2/c1-72(2)58-50-42-34-27-21-16-13-11-9-10-12-14-18-24-31-39-48-56-64-82(87)99-78(69-93-80(85)63-55-47-41-33-37-45-53-61-75(7)8)71-97-101(90,91)95-67-76(83)66-94-100(88,89)96-70-77(68-92-79(84)62-54-46-38-30-26-20-23-29-36-44-52-60-74(5)6)98-81(86)65-57-49-40-32-25-19-15-17-22-28-35-43-51-59-73(3)4/h72-78,83H,9-71H2,1-8H3,(H,88,89)(H,90,91)/t76?,77-,78-/m1/s1. The number of aliphatic hydroxyl groups is 1. The molecular weight excluding hydrogens is 1320 g/mol. The highest BCUT2D eigenvalue weighted by atomic mass is 31.2. The number of phosphoric acid groups is 2. The second-order valence-electron chi connectivity index (χ2n) is 31.4. The summed E-state index contributed by atoms with van der Waals surface area (Å²) in [6.45, 7) is 14.3. The first-order chi connectivity index (χ1) is 48.6. The van der Waals surface area contributed by atoms with Gasteiger partial charge in [-0.2, -0.15) is 0 Å². The maximum Gasteiger partial charge on any atom is 0.472 e. The number of aliphatic hydroxyl groups excluding tert-OH is 1. The Morgan fingerprint density at radius 2 is 0.416 bits per heavy atom. The van der Waals surface area contributed by atoms with E-state index in [1.807, 2.05) is 0 Å². The molecule has 5 atom stereocenters. The summed E-state index contributed by atoms with van der Waals surface area (Å²) in [4.78, 5) is 73.0. The normalized spacial score (nSPS) is 14.0. The van der Waals surface area contributed by atoms with Crippen molar-refractivity contribution in [3.63, 3.8) is 0 Å². The Balaban J connectivity index is 5.21. The van der Waals surface area contributed by atoms with Crippen LogP contribution in [0.25, 0.3) is 0 Å². The number of hydrogen-bond acceptors (Lipinski definition) is 15. The molecule has 0 saturated carbocycles. The smallest absolute Gasteiger partial charge is 0.462 e. The molecule has 0 spiro atoms. The van der Waals surface area contributed by atoms with E-state index in [2.05, 4.69) is 55.4 Å². The molecule has 0 fully saturated rings. The van der Waals surface area contributed by atoms with E-state index in [1.165, 1.54) is 218 Å². The van der Waals surface area contributed by atoms with Crippen molar-refractivity contribution in [3.8, 4) is 0 Å². The minimum atomic E-state index is -4.96. The number of ether oxygens (including phenoxy) is 4. The van der Waals surface area contributed by atoms with Gasteiger partial charge in [0, 0.05) is 25.7 Å². The fourth-order valence-electron chi connectivity index (χ4n) is 12.6. The maximum absolute atomic E-state index is 13.1. The third-order valence-electron chi connectivity index (χ3n) is 19.1. The highest BCUT2D eigenvalue weighted by Crippen LogP contribution is 2.45. The van der Waals surface area contributed by atoms with E-state index in [9.17, 15) is 43.2 Å². The zero-order valence-corrected chi connectivity index (χ0v) is 68.3. The lowest BCUT2D eigenvalue weighted by atomic mass is 10.0. The Morgan fingerprint density at radius 1 is 0.248 bits per heavy atom. The summed E-state index contributed by atoms with van der Waals surface area (Å²) in [5, 5.41) is 10.6. The number of hydrogen-bond donors (Lipinski definition) is 3. The molecule has 0 aliphatic rings. The van der Waals surface area contributed by atoms with Gasteiger partial charge in [0.2, 0.25) is 0 Å². The maximum atomic E-state index is 13.1. The monoisotopic (exact) mass is 1480 g/mol. The number of carbonyl (C=O) groups excluding carboxylic acids is 4. The molecule has 0 aromatic heterocycles. The van der Waals surface area contributed by atoms with Crippen LogP contribution in [0.1, 0.15) is 421 Å². The molecule has 0 heterocycles. The fourth-order valence-corrected chi connectivity index (χ4v) is 14.2. The van der Waals surface area contributed by atoms with Gasteiger partial charge in [-0.15, -0.1) is 0 Å². The molecule has 0 radical (unpaired) electrons. The van der Waals surface area contributed by atoms with Gasteiger partial charge in [0.05, 0.1) is 26.4 Å². The van der Waals surface area contributed by atoms with Gasteiger partial charge < -0.3 is 33.8 Å². The van der Waals surface area contributed by atoms with Crippen molar-refractivity contribution in [1.29, 1.82) is 0 Å². The van der Waals surface area contributed by atoms with Crippen molar-refractivity contribution < 1.29 is 80.2 Å². The molecular formula is C82H160O17P2. The summed E-state index contributed by atoms with van der Waals surface area (Å²) in [5.41, 5.74) is 0. The lowest BCUT2D eigenvalue weighted by molar-refractivity contribution is -0.161. The van der Waals surface area contributed by atoms with Crippen LogP contribution >= 0.6 is 15.6 Å². The third kappa shape index (κ3) is 76.1. The highest BCUT2D eigenvalue weighted by Gasteiger charge is 2.30. The van der Waals surface area contributed by atoms with Gasteiger partial charge in [0.15, 0.2) is 12.2 Å². The van der Waals surface area contributed by atoms with Crippen LogP contribution in [0.3, 0.4) is 0 Å². The van der Waals surface area contributed by atoms with E-state index < -0.39 is 97.5 Å². The van der Waals surface area contributed by atoms with Gasteiger partial charge in [0.1, 0.15) is 19.3 Å². The Morgan fingerprint density at radius 3 is 0.614 bits per heavy atom. The van der Waals surface area contributed by atoms with Crippen molar-refractivity contribution >= 4 is 39.5 Å². The zero-order valence-electron chi connectivity index (χ0n) is 66.5. The van der Waals surface area contributed by atoms with E-state index in [0.29, 0.717) is 31.6 Å². The van der Waals surface area contributed by atoms with Gasteiger partial charge in [-0.05, 0) is 49.4 Å². The molecule has 0 saturated heterocycles. The number of unbranched alkanes of at least 4 members (excludes halogenated alkanes) is 45. The van der Waals surface area contributed by atoms with Crippen LogP contribution in [-0.4, -0.2) is 96.7 Å². The van der Waals surface area contributed by atoms with Crippen molar-refractivity contribution in [1.82, 2.24) is 0 Å². The summed E-state index contributed by atoms with van der Waals surface area (Å²) in [6, 6.07) is 0. The average molecular weight is 1480 g/mol. The first kappa shape index (κ1) is 99.1. The van der Waals surface area contributed by atoms with Gasteiger partial charge in [-0.25, -0.2) is 9.13 Å². The molecule has 0 amide bonds. The molecule has 0 bridgehead atoms. The van der Waals surface area contributed by atoms with Crippen LogP contribution in [-0.2, 0) is 65.4 Å².